The highest BCUT2D eigenvalue weighted by Crippen LogP contribution is 2.43. The van der Waals surface area contributed by atoms with E-state index in [1.165, 1.54) is 13.0 Å². The SMILES string of the molecule is CC(=O)Nc1nc2c(s1)C(=O)C(C(=O)c1ccc(F)nc1)C(C)(C)C2. The summed E-state index contributed by atoms with van der Waals surface area (Å²) < 4.78 is 13.0. The average molecular weight is 361 g/mol. The van der Waals surface area contributed by atoms with Crippen LogP contribution >= 0.6 is 11.3 Å². The van der Waals surface area contributed by atoms with Crippen LogP contribution in [0.5, 0.6) is 0 Å². The molecule has 0 spiro atoms. The van der Waals surface area contributed by atoms with Gasteiger partial charge in [0.2, 0.25) is 11.9 Å². The quantitative estimate of drug-likeness (QED) is 0.516. The third kappa shape index (κ3) is 3.21. The molecular formula is C17H16FN3O3S. The minimum Gasteiger partial charge on any atom is -0.302 e. The lowest BCUT2D eigenvalue weighted by Gasteiger charge is -2.35. The van der Waals surface area contributed by atoms with Crippen molar-refractivity contribution < 1.29 is 18.8 Å². The minimum absolute atomic E-state index is 0.197. The average Bonchev–Trinajstić information content (AvgIpc) is 2.88. The van der Waals surface area contributed by atoms with Crippen LogP contribution in [0.3, 0.4) is 0 Å². The Balaban J connectivity index is 1.99. The van der Waals surface area contributed by atoms with Crippen molar-refractivity contribution in [1.29, 1.82) is 0 Å². The minimum atomic E-state index is -0.905. The van der Waals surface area contributed by atoms with Crippen LogP contribution in [0.1, 0.15) is 46.5 Å². The Hall–Kier alpha value is -2.48. The smallest absolute Gasteiger partial charge is 0.223 e. The molecule has 1 atom stereocenters. The zero-order chi connectivity index (χ0) is 18.4. The zero-order valence-electron chi connectivity index (χ0n) is 13.9. The monoisotopic (exact) mass is 361 g/mol. The lowest BCUT2D eigenvalue weighted by molar-refractivity contribution is -0.114. The number of nitrogens with one attached hydrogen (secondary N) is 1. The van der Waals surface area contributed by atoms with Gasteiger partial charge in [0, 0.05) is 18.7 Å². The highest BCUT2D eigenvalue weighted by atomic mass is 32.1. The number of thiazole rings is 1. The summed E-state index contributed by atoms with van der Waals surface area (Å²) in [4.78, 5) is 45.2. The maximum atomic E-state index is 13.0. The molecule has 2 heterocycles. The summed E-state index contributed by atoms with van der Waals surface area (Å²) in [5.74, 6) is -2.58. The predicted molar refractivity (Wildman–Crippen MR) is 90.2 cm³/mol. The van der Waals surface area contributed by atoms with Gasteiger partial charge in [0.1, 0.15) is 0 Å². The van der Waals surface area contributed by atoms with E-state index in [9.17, 15) is 18.8 Å². The van der Waals surface area contributed by atoms with Crippen LogP contribution in [0, 0.1) is 17.3 Å². The molecule has 0 saturated heterocycles. The summed E-state index contributed by atoms with van der Waals surface area (Å²) in [6.45, 7) is 5.01. The van der Waals surface area contributed by atoms with E-state index in [1.54, 1.807) is 0 Å². The van der Waals surface area contributed by atoms with Gasteiger partial charge >= 0.3 is 0 Å². The number of rotatable bonds is 3. The van der Waals surface area contributed by atoms with Crippen LogP contribution in [0.25, 0.3) is 0 Å². The standard InChI is InChI=1S/C17H16FN3O3S/c1-8(22)20-16-21-10-6-17(2,3)12(14(24)15(10)25-16)13(23)9-4-5-11(18)19-7-9/h4-5,7,12H,6H2,1-3H3,(H,20,21,22). The predicted octanol–water partition coefficient (Wildman–Crippen LogP) is 2.90. The second kappa shape index (κ2) is 6.11. The van der Waals surface area contributed by atoms with Crippen molar-refractivity contribution in [2.75, 3.05) is 5.32 Å². The van der Waals surface area contributed by atoms with Crippen LogP contribution < -0.4 is 5.32 Å². The molecule has 0 radical (unpaired) electrons. The molecule has 1 aliphatic carbocycles. The number of Topliss-reactive ketones (excluding diaryl/α,β-unsaturated/α-hetero) is 2. The molecule has 1 aliphatic rings. The number of amides is 1. The first-order valence-electron chi connectivity index (χ1n) is 7.66. The molecule has 25 heavy (non-hydrogen) atoms. The van der Waals surface area contributed by atoms with E-state index < -0.39 is 17.3 Å². The van der Waals surface area contributed by atoms with Crippen LogP contribution in [0.15, 0.2) is 18.3 Å². The summed E-state index contributed by atoms with van der Waals surface area (Å²) >= 11 is 1.07. The molecule has 0 saturated carbocycles. The molecule has 8 heteroatoms. The van der Waals surface area contributed by atoms with Crippen molar-refractivity contribution in [3.63, 3.8) is 0 Å². The van der Waals surface area contributed by atoms with Gasteiger partial charge in [-0.1, -0.05) is 25.2 Å². The van der Waals surface area contributed by atoms with Gasteiger partial charge in [-0.15, -0.1) is 0 Å². The molecule has 1 N–H and O–H groups in total. The van der Waals surface area contributed by atoms with Crippen molar-refractivity contribution in [1.82, 2.24) is 9.97 Å². The van der Waals surface area contributed by atoms with Crippen molar-refractivity contribution in [2.45, 2.75) is 27.2 Å². The maximum Gasteiger partial charge on any atom is 0.223 e. The number of carbonyl (C=O) groups is 3. The second-order valence-electron chi connectivity index (χ2n) is 6.67. The van der Waals surface area contributed by atoms with Gasteiger partial charge < -0.3 is 5.32 Å². The molecule has 3 rings (SSSR count). The fourth-order valence-corrected chi connectivity index (χ4v) is 4.05. The molecule has 0 aliphatic heterocycles. The fourth-order valence-electron chi connectivity index (χ4n) is 3.05. The lowest BCUT2D eigenvalue weighted by atomic mass is 9.66. The Kier molecular flexibility index (Phi) is 4.24. The molecule has 1 unspecified atom stereocenters. The normalized spacial score (nSPS) is 18.6. The second-order valence-corrected chi connectivity index (χ2v) is 7.67. The Bertz CT molecular complexity index is 874. The first kappa shape index (κ1) is 17.3. The van der Waals surface area contributed by atoms with Crippen LogP contribution in [0.4, 0.5) is 9.52 Å². The number of aromatic nitrogens is 2. The van der Waals surface area contributed by atoms with Gasteiger partial charge in [-0.2, -0.15) is 4.39 Å². The number of halogens is 1. The van der Waals surface area contributed by atoms with Crippen LogP contribution in [-0.4, -0.2) is 27.4 Å². The molecule has 6 nitrogen and oxygen atoms in total. The lowest BCUT2D eigenvalue weighted by Crippen LogP contribution is -2.42. The van der Waals surface area contributed by atoms with Gasteiger partial charge in [0.05, 0.1) is 16.5 Å². The zero-order valence-corrected chi connectivity index (χ0v) is 14.7. The van der Waals surface area contributed by atoms with Crippen LogP contribution in [0.2, 0.25) is 0 Å². The maximum absolute atomic E-state index is 13.0. The van der Waals surface area contributed by atoms with Crippen molar-refractivity contribution in [2.24, 2.45) is 11.3 Å². The highest BCUT2D eigenvalue weighted by Gasteiger charge is 2.47. The summed E-state index contributed by atoms with van der Waals surface area (Å²) in [5, 5.41) is 2.92. The number of fused-ring (bicyclic) bond motifs is 1. The number of hydrogen-bond donors (Lipinski definition) is 1. The van der Waals surface area contributed by atoms with Gasteiger partial charge in [-0.3, -0.25) is 14.4 Å². The third-order valence-corrected chi connectivity index (χ3v) is 5.17. The summed E-state index contributed by atoms with van der Waals surface area (Å²) in [6.07, 6.45) is 1.57. The Morgan fingerprint density at radius 2 is 2.08 bits per heavy atom. The van der Waals surface area contributed by atoms with E-state index in [2.05, 4.69) is 15.3 Å². The third-order valence-electron chi connectivity index (χ3n) is 4.14. The largest absolute Gasteiger partial charge is 0.302 e. The van der Waals surface area contributed by atoms with Crippen molar-refractivity contribution in [3.05, 3.63) is 40.4 Å². The van der Waals surface area contributed by atoms with Gasteiger partial charge in [0.15, 0.2) is 16.7 Å². The number of pyridine rings is 1. The molecule has 0 fully saturated rings. The van der Waals surface area contributed by atoms with Crippen LogP contribution in [-0.2, 0) is 11.2 Å². The first-order valence-corrected chi connectivity index (χ1v) is 8.48. The van der Waals surface area contributed by atoms with E-state index in [-0.39, 0.29) is 23.0 Å². The molecule has 1 amide bonds. The van der Waals surface area contributed by atoms with E-state index in [0.717, 1.165) is 23.6 Å². The molecule has 0 aromatic carbocycles. The summed E-state index contributed by atoms with van der Waals surface area (Å²) in [7, 11) is 0. The number of carbonyl (C=O) groups excluding carboxylic acids is 3. The van der Waals surface area contributed by atoms with E-state index in [4.69, 9.17) is 0 Å². The van der Waals surface area contributed by atoms with Crippen molar-refractivity contribution >= 4 is 33.9 Å². The number of ketones is 2. The first-order chi connectivity index (χ1) is 11.7. The number of anilines is 1. The molecule has 0 bridgehead atoms. The molecule has 130 valence electrons. The van der Waals surface area contributed by atoms with E-state index in [1.807, 2.05) is 13.8 Å². The Morgan fingerprint density at radius 1 is 1.36 bits per heavy atom. The molecule has 2 aromatic heterocycles. The van der Waals surface area contributed by atoms with Gasteiger partial charge in [-0.05, 0) is 24.0 Å². The number of nitrogens with zero attached hydrogens (tertiary/aromatic N) is 2. The fraction of sp³-hybridized carbons (Fsp3) is 0.353. The van der Waals surface area contributed by atoms with E-state index in [0.29, 0.717) is 22.1 Å². The van der Waals surface area contributed by atoms with E-state index >= 15 is 0 Å². The summed E-state index contributed by atoms with van der Waals surface area (Å²) in [6, 6.07) is 2.43. The number of hydrogen-bond acceptors (Lipinski definition) is 6. The topological polar surface area (TPSA) is 89.0 Å². The van der Waals surface area contributed by atoms with Gasteiger partial charge in [0.25, 0.3) is 0 Å². The molecular weight excluding hydrogens is 345 g/mol. The Labute approximate surface area is 147 Å². The van der Waals surface area contributed by atoms with Crippen molar-refractivity contribution in [3.8, 4) is 0 Å². The highest BCUT2D eigenvalue weighted by molar-refractivity contribution is 7.17. The summed E-state index contributed by atoms with van der Waals surface area (Å²) in [5.41, 5.74) is 0.129. The van der Waals surface area contributed by atoms with Gasteiger partial charge in [-0.25, -0.2) is 9.97 Å². The molecule has 2 aromatic rings. The Morgan fingerprint density at radius 3 is 2.68 bits per heavy atom.